The second-order valence-corrected chi connectivity index (χ2v) is 6.85. The van der Waals surface area contributed by atoms with Gasteiger partial charge in [-0.15, -0.1) is 0 Å². The molecule has 6 nitrogen and oxygen atoms in total. The van der Waals surface area contributed by atoms with Crippen LogP contribution in [0.5, 0.6) is 11.5 Å². The first-order valence-electron chi connectivity index (χ1n) is 7.87. The van der Waals surface area contributed by atoms with E-state index in [0.29, 0.717) is 17.0 Å². The predicted molar refractivity (Wildman–Crippen MR) is 111 cm³/mol. The number of hydrogen-bond acceptors (Lipinski definition) is 6. The lowest BCUT2D eigenvalue weighted by atomic mass is 10.1. The van der Waals surface area contributed by atoms with Crippen molar-refractivity contribution in [2.45, 2.75) is 0 Å². The molecule has 0 aliphatic heterocycles. The Morgan fingerprint density at radius 1 is 0.741 bits per heavy atom. The van der Waals surface area contributed by atoms with Crippen LogP contribution in [0.25, 0.3) is 0 Å². The van der Waals surface area contributed by atoms with Gasteiger partial charge in [-0.2, -0.15) is 0 Å². The standard InChI is InChI=1S/C20H15IN2O4/c21-13-3-1-12(2-4-13)19(24)27-16-9-10-17(18(23)11-16)20(25)26-15-7-5-14(22)6-8-15/h1-11H,22-23H2. The van der Waals surface area contributed by atoms with Crippen molar-refractivity contribution < 1.29 is 19.1 Å². The van der Waals surface area contributed by atoms with Crippen LogP contribution in [0.3, 0.4) is 0 Å². The van der Waals surface area contributed by atoms with Crippen LogP contribution >= 0.6 is 22.6 Å². The van der Waals surface area contributed by atoms with Crippen LogP contribution in [0.4, 0.5) is 11.4 Å². The Balaban J connectivity index is 1.71. The molecule has 0 heterocycles. The summed E-state index contributed by atoms with van der Waals surface area (Å²) in [5, 5.41) is 0. The highest BCUT2D eigenvalue weighted by molar-refractivity contribution is 14.1. The van der Waals surface area contributed by atoms with Crippen LogP contribution in [-0.2, 0) is 0 Å². The fourth-order valence-corrected chi connectivity index (χ4v) is 2.60. The second kappa shape index (κ2) is 8.09. The van der Waals surface area contributed by atoms with E-state index in [9.17, 15) is 9.59 Å². The van der Waals surface area contributed by atoms with E-state index in [2.05, 4.69) is 22.6 Å². The van der Waals surface area contributed by atoms with Crippen LogP contribution in [0.1, 0.15) is 20.7 Å². The number of nitrogen functional groups attached to an aromatic ring is 2. The summed E-state index contributed by atoms with van der Waals surface area (Å²) in [4.78, 5) is 24.4. The summed E-state index contributed by atoms with van der Waals surface area (Å²) in [6.07, 6.45) is 0. The lowest BCUT2D eigenvalue weighted by Gasteiger charge is -2.09. The molecule has 3 aromatic carbocycles. The molecule has 0 amide bonds. The topological polar surface area (TPSA) is 105 Å². The van der Waals surface area contributed by atoms with Gasteiger partial charge in [-0.25, -0.2) is 9.59 Å². The third-order valence-corrected chi connectivity index (χ3v) is 4.34. The van der Waals surface area contributed by atoms with Crippen LogP contribution in [0, 0.1) is 3.57 Å². The smallest absolute Gasteiger partial charge is 0.345 e. The summed E-state index contributed by atoms with van der Waals surface area (Å²) >= 11 is 2.15. The van der Waals surface area contributed by atoms with Crippen molar-refractivity contribution in [2.24, 2.45) is 0 Å². The van der Waals surface area contributed by atoms with Gasteiger partial charge in [-0.1, -0.05) is 0 Å². The lowest BCUT2D eigenvalue weighted by molar-refractivity contribution is 0.0730. The molecule has 0 spiro atoms. The third-order valence-electron chi connectivity index (χ3n) is 3.62. The average Bonchev–Trinajstić information content (AvgIpc) is 2.64. The van der Waals surface area contributed by atoms with Crippen molar-refractivity contribution in [3.63, 3.8) is 0 Å². The van der Waals surface area contributed by atoms with Crippen molar-refractivity contribution in [3.8, 4) is 11.5 Å². The summed E-state index contributed by atoms with van der Waals surface area (Å²) in [6, 6.07) is 17.7. The van der Waals surface area contributed by atoms with E-state index in [4.69, 9.17) is 20.9 Å². The van der Waals surface area contributed by atoms with E-state index in [1.807, 2.05) is 12.1 Å². The highest BCUT2D eigenvalue weighted by Crippen LogP contribution is 2.23. The number of hydrogen-bond donors (Lipinski definition) is 2. The first-order chi connectivity index (χ1) is 12.9. The summed E-state index contributed by atoms with van der Waals surface area (Å²) < 4.78 is 11.6. The monoisotopic (exact) mass is 474 g/mol. The molecular formula is C20H15IN2O4. The summed E-state index contributed by atoms with van der Waals surface area (Å²) in [5.74, 6) is -0.543. The number of rotatable bonds is 4. The molecule has 3 rings (SSSR count). The normalized spacial score (nSPS) is 10.3. The maximum atomic E-state index is 12.3. The van der Waals surface area contributed by atoms with Crippen LogP contribution in [-0.4, -0.2) is 11.9 Å². The molecule has 0 atom stereocenters. The van der Waals surface area contributed by atoms with Crippen LogP contribution in [0.2, 0.25) is 0 Å². The molecule has 0 aliphatic rings. The first kappa shape index (κ1) is 18.7. The van der Waals surface area contributed by atoms with E-state index in [0.717, 1.165) is 3.57 Å². The van der Waals surface area contributed by atoms with E-state index in [-0.39, 0.29) is 17.0 Å². The maximum Gasteiger partial charge on any atom is 0.345 e. The molecule has 7 heteroatoms. The second-order valence-electron chi connectivity index (χ2n) is 5.60. The fraction of sp³-hybridized carbons (Fsp3) is 0. The zero-order valence-electron chi connectivity index (χ0n) is 14.0. The van der Waals surface area contributed by atoms with Crippen molar-refractivity contribution in [3.05, 3.63) is 81.4 Å². The SMILES string of the molecule is Nc1ccc(OC(=O)c2ccc(OC(=O)c3ccc(I)cc3)cc2N)cc1. The molecule has 0 radical (unpaired) electrons. The number of nitrogens with two attached hydrogens (primary N) is 2. The van der Waals surface area contributed by atoms with Crippen molar-refractivity contribution in [2.75, 3.05) is 11.5 Å². The maximum absolute atomic E-state index is 12.3. The first-order valence-corrected chi connectivity index (χ1v) is 8.95. The van der Waals surface area contributed by atoms with Gasteiger partial charge in [0.15, 0.2) is 0 Å². The number of carbonyl (C=O) groups excluding carboxylic acids is 2. The molecule has 136 valence electrons. The minimum atomic E-state index is -0.618. The quantitative estimate of drug-likeness (QED) is 0.257. The highest BCUT2D eigenvalue weighted by Gasteiger charge is 2.15. The van der Waals surface area contributed by atoms with E-state index in [1.54, 1.807) is 36.4 Å². The molecule has 3 aromatic rings. The number of anilines is 2. The molecule has 0 aliphatic carbocycles. The Kier molecular flexibility index (Phi) is 5.60. The van der Waals surface area contributed by atoms with Crippen molar-refractivity contribution >= 4 is 45.9 Å². The summed E-state index contributed by atoms with van der Waals surface area (Å²) in [5.41, 5.74) is 12.8. The molecule has 0 fully saturated rings. The van der Waals surface area contributed by atoms with Gasteiger partial charge in [0.05, 0.1) is 11.1 Å². The van der Waals surface area contributed by atoms with Gasteiger partial charge in [-0.3, -0.25) is 0 Å². The zero-order chi connectivity index (χ0) is 19.4. The van der Waals surface area contributed by atoms with Gasteiger partial charge in [-0.05, 0) is 83.3 Å². The summed E-state index contributed by atoms with van der Waals surface area (Å²) in [7, 11) is 0. The van der Waals surface area contributed by atoms with Crippen LogP contribution in [0.15, 0.2) is 66.7 Å². The van der Waals surface area contributed by atoms with Gasteiger partial charge in [0.1, 0.15) is 11.5 Å². The number of ether oxygens (including phenoxy) is 2. The molecule has 4 N–H and O–H groups in total. The number of esters is 2. The molecule has 0 bridgehead atoms. The molecule has 0 unspecified atom stereocenters. The van der Waals surface area contributed by atoms with Gasteiger partial charge in [0, 0.05) is 21.0 Å². The molecule has 0 aromatic heterocycles. The number of carbonyl (C=O) groups is 2. The minimum Gasteiger partial charge on any atom is -0.423 e. The minimum absolute atomic E-state index is 0.142. The molecule has 27 heavy (non-hydrogen) atoms. The Labute approximate surface area is 169 Å². The van der Waals surface area contributed by atoms with Crippen LogP contribution < -0.4 is 20.9 Å². The van der Waals surface area contributed by atoms with Crippen molar-refractivity contribution in [1.29, 1.82) is 0 Å². The number of halogens is 1. The Hall–Kier alpha value is -3.07. The fourth-order valence-electron chi connectivity index (χ4n) is 2.24. The Bertz CT molecular complexity index is 986. The predicted octanol–water partition coefficient (Wildman–Crippen LogP) is 3.89. The van der Waals surface area contributed by atoms with Gasteiger partial charge >= 0.3 is 11.9 Å². The zero-order valence-corrected chi connectivity index (χ0v) is 16.2. The van der Waals surface area contributed by atoms with Crippen molar-refractivity contribution in [1.82, 2.24) is 0 Å². The summed E-state index contributed by atoms with van der Waals surface area (Å²) in [6.45, 7) is 0. The Morgan fingerprint density at radius 3 is 1.96 bits per heavy atom. The Morgan fingerprint density at radius 2 is 1.33 bits per heavy atom. The molecule has 0 saturated carbocycles. The highest BCUT2D eigenvalue weighted by atomic mass is 127. The molecular weight excluding hydrogens is 459 g/mol. The van der Waals surface area contributed by atoms with E-state index < -0.39 is 11.9 Å². The van der Waals surface area contributed by atoms with Gasteiger partial charge in [0.2, 0.25) is 0 Å². The van der Waals surface area contributed by atoms with Gasteiger partial charge < -0.3 is 20.9 Å². The van der Waals surface area contributed by atoms with E-state index in [1.165, 1.54) is 18.2 Å². The third kappa shape index (κ3) is 4.76. The average molecular weight is 474 g/mol. The largest absolute Gasteiger partial charge is 0.423 e. The number of benzene rings is 3. The van der Waals surface area contributed by atoms with E-state index >= 15 is 0 Å². The van der Waals surface area contributed by atoms with Gasteiger partial charge in [0.25, 0.3) is 0 Å². The molecule has 0 saturated heterocycles. The lowest BCUT2D eigenvalue weighted by Crippen LogP contribution is -2.12.